The van der Waals surface area contributed by atoms with Crippen LogP contribution in [-0.4, -0.2) is 31.2 Å². The summed E-state index contributed by atoms with van der Waals surface area (Å²) in [5.41, 5.74) is 0.411. The Hall–Kier alpha value is -1.24. The summed E-state index contributed by atoms with van der Waals surface area (Å²) < 4.78 is 16.2. The average Bonchev–Trinajstić information content (AvgIpc) is 2.42. The van der Waals surface area contributed by atoms with Crippen molar-refractivity contribution >= 4 is 28.6 Å². The summed E-state index contributed by atoms with van der Waals surface area (Å²) in [5.74, 6) is 0.721. The molecule has 4 nitrogen and oxygen atoms in total. The molecule has 0 aliphatic heterocycles. The van der Waals surface area contributed by atoms with E-state index in [2.05, 4.69) is 22.6 Å². The van der Waals surface area contributed by atoms with Crippen LogP contribution in [-0.2, 0) is 4.74 Å². The fraction of sp³-hybridized carbons (Fsp3) is 0.308. The number of rotatable bonds is 6. The maximum atomic E-state index is 11.8. The summed E-state index contributed by atoms with van der Waals surface area (Å²) in [6, 6.07) is 4.94. The first-order valence-corrected chi connectivity index (χ1v) is 6.85. The van der Waals surface area contributed by atoms with Crippen LogP contribution in [0.3, 0.4) is 0 Å². The van der Waals surface area contributed by atoms with E-state index in [4.69, 9.17) is 14.2 Å². The van der Waals surface area contributed by atoms with Gasteiger partial charge in [-0.15, -0.1) is 0 Å². The van der Waals surface area contributed by atoms with E-state index in [0.717, 1.165) is 4.43 Å². The van der Waals surface area contributed by atoms with Crippen LogP contribution in [0, 0.1) is 0 Å². The third-order valence-corrected chi connectivity index (χ3v) is 2.66. The molecule has 1 aromatic carbocycles. The molecule has 0 spiro atoms. The van der Waals surface area contributed by atoms with Crippen molar-refractivity contribution in [3.8, 4) is 11.5 Å². The first-order valence-electron chi connectivity index (χ1n) is 5.32. The van der Waals surface area contributed by atoms with E-state index in [-0.39, 0.29) is 6.61 Å². The summed E-state index contributed by atoms with van der Waals surface area (Å²) in [4.78, 5) is 11.8. The zero-order valence-corrected chi connectivity index (χ0v) is 12.5. The highest BCUT2D eigenvalue weighted by Crippen LogP contribution is 2.22. The van der Waals surface area contributed by atoms with Crippen LogP contribution in [0.15, 0.2) is 30.4 Å². The number of ether oxygens (including phenoxy) is 3. The number of hydrogen-bond acceptors (Lipinski definition) is 4. The molecule has 5 heteroatoms. The zero-order valence-electron chi connectivity index (χ0n) is 10.3. The predicted molar refractivity (Wildman–Crippen MR) is 77.9 cm³/mol. The normalized spacial score (nSPS) is 10.4. The first-order chi connectivity index (χ1) is 8.71. The van der Waals surface area contributed by atoms with E-state index in [0.29, 0.717) is 17.1 Å². The standard InChI is InChI=1S/C13H15IO4/c1-16-11-7-10(8-12(9-11)17-2)13(15)18-6-4-3-5-14/h3-4,7-9H,5-6H2,1-2H3/b4-3+. The van der Waals surface area contributed by atoms with Crippen molar-refractivity contribution in [2.24, 2.45) is 0 Å². The third-order valence-electron chi connectivity index (χ3n) is 2.15. The van der Waals surface area contributed by atoms with Gasteiger partial charge in [-0.05, 0) is 12.1 Å². The number of methoxy groups -OCH3 is 2. The molecule has 0 aliphatic rings. The van der Waals surface area contributed by atoms with E-state index >= 15 is 0 Å². The Bertz CT molecular complexity index is 407. The van der Waals surface area contributed by atoms with Crippen molar-refractivity contribution < 1.29 is 19.0 Å². The Morgan fingerprint density at radius 3 is 2.28 bits per heavy atom. The Labute approximate surface area is 120 Å². The van der Waals surface area contributed by atoms with Crippen LogP contribution in [0.1, 0.15) is 10.4 Å². The number of carbonyl (C=O) groups excluding carboxylic acids is 1. The van der Waals surface area contributed by atoms with E-state index in [9.17, 15) is 4.79 Å². The fourth-order valence-corrected chi connectivity index (χ4v) is 1.62. The van der Waals surface area contributed by atoms with Crippen LogP contribution < -0.4 is 9.47 Å². The number of hydrogen-bond donors (Lipinski definition) is 0. The zero-order chi connectivity index (χ0) is 13.4. The van der Waals surface area contributed by atoms with Gasteiger partial charge in [-0.25, -0.2) is 4.79 Å². The van der Waals surface area contributed by atoms with Crippen molar-refractivity contribution in [1.82, 2.24) is 0 Å². The SMILES string of the molecule is COc1cc(OC)cc(C(=O)OC/C=C/CI)c1. The lowest BCUT2D eigenvalue weighted by Crippen LogP contribution is -2.06. The van der Waals surface area contributed by atoms with Crippen molar-refractivity contribution in [2.75, 3.05) is 25.3 Å². The summed E-state index contributed by atoms with van der Waals surface area (Å²) in [5, 5.41) is 0. The van der Waals surface area contributed by atoms with Crippen LogP contribution >= 0.6 is 22.6 Å². The van der Waals surface area contributed by atoms with Gasteiger partial charge in [0.1, 0.15) is 18.1 Å². The lowest BCUT2D eigenvalue weighted by molar-refractivity contribution is 0.0548. The molecule has 0 fully saturated rings. The van der Waals surface area contributed by atoms with Crippen molar-refractivity contribution in [3.05, 3.63) is 35.9 Å². The molecule has 98 valence electrons. The Balaban J connectivity index is 2.75. The van der Waals surface area contributed by atoms with Crippen LogP contribution in [0.25, 0.3) is 0 Å². The van der Waals surface area contributed by atoms with E-state index in [1.807, 2.05) is 12.2 Å². The molecule has 0 N–H and O–H groups in total. The van der Waals surface area contributed by atoms with Gasteiger partial charge in [0.25, 0.3) is 0 Å². The minimum atomic E-state index is -0.398. The lowest BCUT2D eigenvalue weighted by Gasteiger charge is -2.07. The van der Waals surface area contributed by atoms with Gasteiger partial charge in [-0.3, -0.25) is 0 Å². The third kappa shape index (κ3) is 4.56. The highest BCUT2D eigenvalue weighted by Gasteiger charge is 2.10. The van der Waals surface area contributed by atoms with Crippen molar-refractivity contribution in [2.45, 2.75) is 0 Å². The molecule has 0 aromatic heterocycles. The Kier molecular flexibility index (Phi) is 6.56. The Morgan fingerprint density at radius 2 is 1.78 bits per heavy atom. The van der Waals surface area contributed by atoms with Gasteiger partial charge in [-0.2, -0.15) is 0 Å². The van der Waals surface area contributed by atoms with Crippen molar-refractivity contribution in [3.63, 3.8) is 0 Å². The quantitative estimate of drug-likeness (QED) is 0.338. The molecule has 0 radical (unpaired) electrons. The monoisotopic (exact) mass is 362 g/mol. The summed E-state index contributed by atoms with van der Waals surface area (Å²) in [6.07, 6.45) is 3.74. The fourth-order valence-electron chi connectivity index (χ4n) is 1.26. The van der Waals surface area contributed by atoms with Crippen LogP contribution in [0.5, 0.6) is 11.5 Å². The van der Waals surface area contributed by atoms with Gasteiger partial charge in [0.15, 0.2) is 0 Å². The van der Waals surface area contributed by atoms with Gasteiger partial charge in [0, 0.05) is 10.5 Å². The van der Waals surface area contributed by atoms with E-state index in [1.165, 1.54) is 14.2 Å². The molecule has 0 amide bonds. The number of allylic oxidation sites excluding steroid dienone is 1. The molecule has 1 aromatic rings. The molecule has 18 heavy (non-hydrogen) atoms. The molecule has 0 aliphatic carbocycles. The van der Waals surface area contributed by atoms with E-state index in [1.54, 1.807) is 18.2 Å². The second kappa shape index (κ2) is 7.97. The molecule has 0 saturated heterocycles. The number of esters is 1. The maximum Gasteiger partial charge on any atom is 0.338 e. The molecule has 0 unspecified atom stereocenters. The Morgan fingerprint density at radius 1 is 1.17 bits per heavy atom. The molecule has 0 heterocycles. The van der Waals surface area contributed by atoms with Crippen molar-refractivity contribution in [1.29, 1.82) is 0 Å². The molecular formula is C13H15IO4. The summed E-state index contributed by atoms with van der Waals surface area (Å²) in [6.45, 7) is 0.265. The van der Waals surface area contributed by atoms with Crippen LogP contribution in [0.4, 0.5) is 0 Å². The van der Waals surface area contributed by atoms with Gasteiger partial charge in [-0.1, -0.05) is 34.7 Å². The number of alkyl halides is 1. The van der Waals surface area contributed by atoms with E-state index < -0.39 is 5.97 Å². The minimum absolute atomic E-state index is 0.265. The van der Waals surface area contributed by atoms with Gasteiger partial charge >= 0.3 is 5.97 Å². The highest BCUT2D eigenvalue weighted by molar-refractivity contribution is 14.1. The number of halogens is 1. The largest absolute Gasteiger partial charge is 0.497 e. The average molecular weight is 362 g/mol. The lowest BCUT2D eigenvalue weighted by atomic mass is 10.2. The first kappa shape index (κ1) is 14.8. The van der Waals surface area contributed by atoms with Gasteiger partial charge < -0.3 is 14.2 Å². The van der Waals surface area contributed by atoms with Gasteiger partial charge in [0.2, 0.25) is 0 Å². The highest BCUT2D eigenvalue weighted by atomic mass is 127. The second-order valence-corrected chi connectivity index (χ2v) is 4.21. The predicted octanol–water partition coefficient (Wildman–Crippen LogP) is 2.85. The summed E-state index contributed by atoms with van der Waals surface area (Å²) in [7, 11) is 3.07. The smallest absolute Gasteiger partial charge is 0.338 e. The summed E-state index contributed by atoms with van der Waals surface area (Å²) >= 11 is 2.21. The van der Waals surface area contributed by atoms with Gasteiger partial charge in [0.05, 0.1) is 19.8 Å². The number of benzene rings is 1. The molecule has 1 rings (SSSR count). The minimum Gasteiger partial charge on any atom is -0.497 e. The molecule has 0 saturated carbocycles. The molecule has 0 bridgehead atoms. The molecular weight excluding hydrogens is 347 g/mol. The molecule has 0 atom stereocenters. The second-order valence-electron chi connectivity index (χ2n) is 3.33. The van der Waals surface area contributed by atoms with Crippen LogP contribution in [0.2, 0.25) is 0 Å². The topological polar surface area (TPSA) is 44.8 Å². The number of carbonyl (C=O) groups is 1. The maximum absolute atomic E-state index is 11.8.